The molecule has 0 bridgehead atoms. The number of aromatic nitrogens is 3. The number of hydrogen-bond donors (Lipinski definition) is 1. The fraction of sp³-hybridized carbons (Fsp3) is 0.385. The molecule has 0 atom stereocenters. The molecule has 18 heavy (non-hydrogen) atoms. The molecule has 4 nitrogen and oxygen atoms in total. The van der Waals surface area contributed by atoms with Crippen molar-refractivity contribution in [1.29, 1.82) is 0 Å². The Morgan fingerprint density at radius 2 is 2.06 bits per heavy atom. The molecule has 0 aliphatic heterocycles. The van der Waals surface area contributed by atoms with Gasteiger partial charge >= 0.3 is 0 Å². The molecule has 2 aromatic rings. The highest BCUT2D eigenvalue weighted by molar-refractivity contribution is 9.10. The number of hydrogen-bond acceptors (Lipinski definition) is 3. The van der Waals surface area contributed by atoms with Crippen molar-refractivity contribution in [3.63, 3.8) is 0 Å². The SMILES string of the molecule is CCCNCc1cn(Cc2ccc(Br)cc2)nn1. The molecule has 0 radical (unpaired) electrons. The van der Waals surface area contributed by atoms with Gasteiger partial charge in [0.25, 0.3) is 0 Å². The second-order valence-electron chi connectivity index (χ2n) is 4.21. The number of halogens is 1. The Bertz CT molecular complexity index is 478. The van der Waals surface area contributed by atoms with E-state index in [2.05, 4.69) is 50.6 Å². The van der Waals surface area contributed by atoms with E-state index in [9.17, 15) is 0 Å². The summed E-state index contributed by atoms with van der Waals surface area (Å²) in [4.78, 5) is 0. The summed E-state index contributed by atoms with van der Waals surface area (Å²) in [5.41, 5.74) is 2.21. The first-order valence-corrected chi connectivity index (χ1v) is 6.91. The number of nitrogens with one attached hydrogen (secondary N) is 1. The maximum Gasteiger partial charge on any atom is 0.0964 e. The molecular formula is C13H17BrN4. The van der Waals surface area contributed by atoms with E-state index in [1.807, 2.05) is 23.0 Å². The highest BCUT2D eigenvalue weighted by Crippen LogP contribution is 2.11. The molecule has 0 unspecified atom stereocenters. The van der Waals surface area contributed by atoms with Crippen molar-refractivity contribution >= 4 is 15.9 Å². The Balaban J connectivity index is 1.91. The van der Waals surface area contributed by atoms with E-state index in [0.29, 0.717) is 0 Å². The lowest BCUT2D eigenvalue weighted by atomic mass is 10.2. The van der Waals surface area contributed by atoms with Gasteiger partial charge in [0.1, 0.15) is 0 Å². The largest absolute Gasteiger partial charge is 0.311 e. The monoisotopic (exact) mass is 308 g/mol. The average molecular weight is 309 g/mol. The van der Waals surface area contributed by atoms with Gasteiger partial charge in [0, 0.05) is 11.0 Å². The van der Waals surface area contributed by atoms with Crippen LogP contribution in [0.1, 0.15) is 24.6 Å². The summed E-state index contributed by atoms with van der Waals surface area (Å²) in [6, 6.07) is 8.24. The molecule has 0 spiro atoms. The van der Waals surface area contributed by atoms with E-state index >= 15 is 0 Å². The van der Waals surface area contributed by atoms with Gasteiger partial charge in [-0.2, -0.15) is 0 Å². The zero-order valence-corrected chi connectivity index (χ0v) is 12.0. The van der Waals surface area contributed by atoms with Crippen molar-refractivity contribution in [2.24, 2.45) is 0 Å². The second-order valence-corrected chi connectivity index (χ2v) is 5.13. The maximum absolute atomic E-state index is 4.14. The Morgan fingerprint density at radius 1 is 1.28 bits per heavy atom. The molecule has 1 N–H and O–H groups in total. The molecule has 1 aromatic heterocycles. The van der Waals surface area contributed by atoms with E-state index in [1.54, 1.807) is 0 Å². The van der Waals surface area contributed by atoms with Crippen molar-refractivity contribution in [2.75, 3.05) is 6.54 Å². The molecule has 0 aliphatic carbocycles. The zero-order valence-electron chi connectivity index (χ0n) is 10.4. The van der Waals surface area contributed by atoms with Gasteiger partial charge in [-0.25, -0.2) is 4.68 Å². The van der Waals surface area contributed by atoms with Crippen LogP contribution >= 0.6 is 15.9 Å². The lowest BCUT2D eigenvalue weighted by Gasteiger charge is -2.01. The minimum atomic E-state index is 0.758. The Morgan fingerprint density at radius 3 is 2.78 bits per heavy atom. The quantitative estimate of drug-likeness (QED) is 0.834. The van der Waals surface area contributed by atoms with E-state index in [-0.39, 0.29) is 0 Å². The predicted molar refractivity (Wildman–Crippen MR) is 75.3 cm³/mol. The highest BCUT2D eigenvalue weighted by Gasteiger charge is 2.01. The molecule has 1 heterocycles. The number of benzene rings is 1. The second kappa shape index (κ2) is 6.66. The third kappa shape index (κ3) is 3.92. The van der Waals surface area contributed by atoms with Gasteiger partial charge in [-0.05, 0) is 30.7 Å². The Labute approximate surface area is 116 Å². The molecule has 96 valence electrons. The molecule has 2 rings (SSSR count). The van der Waals surface area contributed by atoms with Crippen LogP contribution < -0.4 is 5.32 Å². The molecule has 5 heteroatoms. The van der Waals surface area contributed by atoms with Crippen molar-refractivity contribution in [3.8, 4) is 0 Å². The van der Waals surface area contributed by atoms with Crippen molar-refractivity contribution in [1.82, 2.24) is 20.3 Å². The Hall–Kier alpha value is -1.20. The molecule has 0 fully saturated rings. The summed E-state index contributed by atoms with van der Waals surface area (Å²) in [7, 11) is 0. The van der Waals surface area contributed by atoms with Gasteiger partial charge < -0.3 is 5.32 Å². The van der Waals surface area contributed by atoms with E-state index in [4.69, 9.17) is 0 Å². The van der Waals surface area contributed by atoms with Crippen LogP contribution in [0.5, 0.6) is 0 Å². The maximum atomic E-state index is 4.14. The van der Waals surface area contributed by atoms with E-state index in [1.165, 1.54) is 5.56 Å². The van der Waals surface area contributed by atoms with Crippen LogP contribution in [-0.2, 0) is 13.1 Å². The minimum Gasteiger partial charge on any atom is -0.311 e. The van der Waals surface area contributed by atoms with Gasteiger partial charge in [-0.1, -0.05) is 40.2 Å². The van der Waals surface area contributed by atoms with Crippen molar-refractivity contribution in [3.05, 3.63) is 46.2 Å². The normalized spacial score (nSPS) is 10.8. The summed E-state index contributed by atoms with van der Waals surface area (Å²) in [6.45, 7) is 4.71. The third-order valence-corrected chi connectivity index (χ3v) is 3.11. The van der Waals surface area contributed by atoms with Crippen LogP contribution in [0.4, 0.5) is 0 Å². The predicted octanol–water partition coefficient (Wildman–Crippen LogP) is 2.59. The summed E-state index contributed by atoms with van der Waals surface area (Å²) in [5.74, 6) is 0. The topological polar surface area (TPSA) is 42.7 Å². The van der Waals surface area contributed by atoms with Gasteiger partial charge in [0.05, 0.1) is 18.4 Å². The van der Waals surface area contributed by atoms with Crippen molar-refractivity contribution in [2.45, 2.75) is 26.4 Å². The highest BCUT2D eigenvalue weighted by atomic mass is 79.9. The molecule has 0 aliphatic rings. The molecule has 0 saturated heterocycles. The number of rotatable bonds is 6. The lowest BCUT2D eigenvalue weighted by Crippen LogP contribution is -2.13. The molecular weight excluding hydrogens is 292 g/mol. The van der Waals surface area contributed by atoms with Gasteiger partial charge in [0.15, 0.2) is 0 Å². The molecule has 0 saturated carbocycles. The zero-order chi connectivity index (χ0) is 12.8. The summed E-state index contributed by atoms with van der Waals surface area (Å²) < 4.78 is 2.96. The first-order valence-electron chi connectivity index (χ1n) is 6.12. The van der Waals surface area contributed by atoms with Crippen LogP contribution in [0, 0.1) is 0 Å². The minimum absolute atomic E-state index is 0.758. The van der Waals surface area contributed by atoms with E-state index < -0.39 is 0 Å². The van der Waals surface area contributed by atoms with E-state index in [0.717, 1.165) is 36.2 Å². The molecule has 0 amide bonds. The van der Waals surface area contributed by atoms with Crippen LogP contribution in [0.3, 0.4) is 0 Å². The van der Waals surface area contributed by atoms with Gasteiger partial charge in [-0.15, -0.1) is 5.10 Å². The summed E-state index contributed by atoms with van der Waals surface area (Å²) in [6.07, 6.45) is 3.12. The lowest BCUT2D eigenvalue weighted by molar-refractivity contribution is 0.645. The first-order chi connectivity index (χ1) is 8.78. The third-order valence-electron chi connectivity index (χ3n) is 2.58. The van der Waals surface area contributed by atoms with Crippen LogP contribution in [-0.4, -0.2) is 21.5 Å². The van der Waals surface area contributed by atoms with Gasteiger partial charge in [-0.3, -0.25) is 0 Å². The van der Waals surface area contributed by atoms with Crippen molar-refractivity contribution < 1.29 is 0 Å². The number of nitrogens with zero attached hydrogens (tertiary/aromatic N) is 3. The van der Waals surface area contributed by atoms with Crippen LogP contribution in [0.25, 0.3) is 0 Å². The van der Waals surface area contributed by atoms with Crippen LogP contribution in [0.15, 0.2) is 34.9 Å². The average Bonchev–Trinajstić information content (AvgIpc) is 2.80. The standard InChI is InChI=1S/C13H17BrN4/c1-2-7-15-8-13-10-18(17-16-13)9-11-3-5-12(14)6-4-11/h3-6,10,15H,2,7-9H2,1H3. The van der Waals surface area contributed by atoms with Gasteiger partial charge in [0.2, 0.25) is 0 Å². The fourth-order valence-corrected chi connectivity index (χ4v) is 1.93. The molecule has 1 aromatic carbocycles. The fourth-order valence-electron chi connectivity index (χ4n) is 1.67. The summed E-state index contributed by atoms with van der Waals surface area (Å²) in [5, 5.41) is 11.6. The summed E-state index contributed by atoms with van der Waals surface area (Å²) >= 11 is 3.43. The smallest absolute Gasteiger partial charge is 0.0964 e. The Kier molecular flexibility index (Phi) is 4.90. The first kappa shape index (κ1) is 13.2. The van der Waals surface area contributed by atoms with Crippen LogP contribution in [0.2, 0.25) is 0 Å².